The monoisotopic (exact) mass is 281 g/mol. The van der Waals surface area contributed by atoms with Gasteiger partial charge in [0, 0.05) is 19.0 Å². The van der Waals surface area contributed by atoms with Gasteiger partial charge in [-0.05, 0) is 38.0 Å². The number of carbonyl (C=O) groups excluding carboxylic acids is 1. The van der Waals surface area contributed by atoms with Crippen LogP contribution < -0.4 is 0 Å². The molecule has 0 bridgehead atoms. The summed E-state index contributed by atoms with van der Waals surface area (Å²) in [6.45, 7) is 3.96. The molecule has 0 aromatic heterocycles. The first kappa shape index (κ1) is 15.3. The van der Waals surface area contributed by atoms with Crippen LogP contribution in [-0.2, 0) is 9.59 Å². The summed E-state index contributed by atoms with van der Waals surface area (Å²) in [5, 5.41) is 9.12. The third-order valence-electron chi connectivity index (χ3n) is 5.00. The highest BCUT2D eigenvalue weighted by molar-refractivity contribution is 5.80. The number of carboxylic acids is 1. The van der Waals surface area contributed by atoms with E-state index in [1.54, 1.807) is 0 Å². The lowest BCUT2D eigenvalue weighted by Gasteiger charge is -2.36. The van der Waals surface area contributed by atoms with E-state index in [-0.39, 0.29) is 17.7 Å². The Balaban J connectivity index is 1.84. The number of aliphatic carboxylic acids is 1. The minimum Gasteiger partial charge on any atom is -0.481 e. The Morgan fingerprint density at radius 2 is 1.75 bits per heavy atom. The molecule has 1 saturated carbocycles. The molecule has 114 valence electrons. The minimum absolute atomic E-state index is 0.0485. The quantitative estimate of drug-likeness (QED) is 0.862. The van der Waals surface area contributed by atoms with Crippen molar-refractivity contribution < 1.29 is 14.7 Å². The van der Waals surface area contributed by atoms with Crippen LogP contribution in [0.3, 0.4) is 0 Å². The van der Waals surface area contributed by atoms with Crippen LogP contribution in [0.4, 0.5) is 0 Å². The molecule has 0 aromatic carbocycles. The number of rotatable bonds is 4. The summed E-state index contributed by atoms with van der Waals surface area (Å²) in [6.07, 6.45) is 7.76. The molecule has 1 heterocycles. The molecule has 2 unspecified atom stereocenters. The molecule has 1 aliphatic heterocycles. The first-order chi connectivity index (χ1) is 9.61. The molecule has 0 aromatic rings. The molecule has 4 nitrogen and oxygen atoms in total. The average molecular weight is 281 g/mol. The van der Waals surface area contributed by atoms with Crippen LogP contribution in [0.2, 0.25) is 0 Å². The van der Waals surface area contributed by atoms with Crippen LogP contribution >= 0.6 is 0 Å². The van der Waals surface area contributed by atoms with Crippen LogP contribution in [0.15, 0.2) is 0 Å². The van der Waals surface area contributed by atoms with Gasteiger partial charge in [0.25, 0.3) is 0 Å². The second-order valence-electron chi connectivity index (χ2n) is 6.46. The Morgan fingerprint density at radius 3 is 2.35 bits per heavy atom. The van der Waals surface area contributed by atoms with Crippen molar-refractivity contribution in [1.29, 1.82) is 0 Å². The Bertz CT molecular complexity index is 348. The second-order valence-corrected chi connectivity index (χ2v) is 6.46. The fourth-order valence-electron chi connectivity index (χ4n) is 3.75. The number of hydrogen-bond acceptors (Lipinski definition) is 2. The number of amides is 1. The van der Waals surface area contributed by atoms with E-state index in [0.29, 0.717) is 6.42 Å². The standard InChI is InChI=1S/C16H27NO3/c1-2-4-12-7-9-17(10-8-12)15(18)13-5-3-6-14(11-13)16(19)20/h12-14H,2-11H2,1H3,(H,19,20). The highest BCUT2D eigenvalue weighted by atomic mass is 16.4. The van der Waals surface area contributed by atoms with E-state index in [9.17, 15) is 9.59 Å². The van der Waals surface area contributed by atoms with E-state index in [0.717, 1.165) is 51.1 Å². The van der Waals surface area contributed by atoms with E-state index < -0.39 is 5.97 Å². The molecule has 2 fully saturated rings. The van der Waals surface area contributed by atoms with Gasteiger partial charge < -0.3 is 10.0 Å². The number of piperidine rings is 1. The fraction of sp³-hybridized carbons (Fsp3) is 0.875. The van der Waals surface area contributed by atoms with Crippen molar-refractivity contribution in [2.45, 2.75) is 58.3 Å². The van der Waals surface area contributed by atoms with Crippen molar-refractivity contribution in [3.05, 3.63) is 0 Å². The summed E-state index contributed by atoms with van der Waals surface area (Å²) in [5.74, 6) is -0.0971. The molecule has 0 spiro atoms. The predicted octanol–water partition coefficient (Wildman–Crippen LogP) is 2.92. The smallest absolute Gasteiger partial charge is 0.306 e. The SMILES string of the molecule is CCCC1CCN(C(=O)C2CCCC(C(=O)O)C2)CC1. The van der Waals surface area contributed by atoms with Crippen molar-refractivity contribution in [2.75, 3.05) is 13.1 Å². The molecular formula is C16H27NO3. The summed E-state index contributed by atoms with van der Waals surface area (Å²) >= 11 is 0. The molecule has 1 aliphatic carbocycles. The van der Waals surface area contributed by atoms with Crippen molar-refractivity contribution in [3.63, 3.8) is 0 Å². The molecule has 0 radical (unpaired) electrons. The predicted molar refractivity (Wildman–Crippen MR) is 77.3 cm³/mol. The third-order valence-corrected chi connectivity index (χ3v) is 5.00. The van der Waals surface area contributed by atoms with E-state index >= 15 is 0 Å². The number of likely N-dealkylation sites (tertiary alicyclic amines) is 1. The first-order valence-corrected chi connectivity index (χ1v) is 8.13. The lowest BCUT2D eigenvalue weighted by molar-refractivity contribution is -0.145. The summed E-state index contributed by atoms with van der Waals surface area (Å²) in [4.78, 5) is 25.6. The van der Waals surface area contributed by atoms with Gasteiger partial charge in [0.15, 0.2) is 0 Å². The van der Waals surface area contributed by atoms with E-state index in [1.807, 2.05) is 4.90 Å². The molecule has 1 N–H and O–H groups in total. The summed E-state index contributed by atoms with van der Waals surface area (Å²) in [5.41, 5.74) is 0. The van der Waals surface area contributed by atoms with Gasteiger partial charge in [-0.15, -0.1) is 0 Å². The van der Waals surface area contributed by atoms with Crippen LogP contribution in [0.25, 0.3) is 0 Å². The average Bonchev–Trinajstić information content (AvgIpc) is 2.48. The Hall–Kier alpha value is -1.06. The van der Waals surface area contributed by atoms with Gasteiger partial charge in [-0.2, -0.15) is 0 Å². The maximum absolute atomic E-state index is 12.5. The van der Waals surface area contributed by atoms with E-state index in [2.05, 4.69) is 6.92 Å². The van der Waals surface area contributed by atoms with Gasteiger partial charge in [-0.25, -0.2) is 0 Å². The Morgan fingerprint density at radius 1 is 1.10 bits per heavy atom. The van der Waals surface area contributed by atoms with E-state index in [4.69, 9.17) is 5.11 Å². The molecule has 2 aliphatic rings. The first-order valence-electron chi connectivity index (χ1n) is 8.13. The maximum Gasteiger partial charge on any atom is 0.306 e. The Kier molecular flexibility index (Phi) is 5.44. The van der Waals surface area contributed by atoms with Gasteiger partial charge in [-0.3, -0.25) is 9.59 Å². The summed E-state index contributed by atoms with van der Waals surface area (Å²) in [6, 6.07) is 0. The van der Waals surface area contributed by atoms with Crippen molar-refractivity contribution in [1.82, 2.24) is 4.90 Å². The number of carbonyl (C=O) groups is 2. The highest BCUT2D eigenvalue weighted by Crippen LogP contribution is 2.32. The van der Waals surface area contributed by atoms with Crippen molar-refractivity contribution >= 4 is 11.9 Å². The molecule has 20 heavy (non-hydrogen) atoms. The topological polar surface area (TPSA) is 57.6 Å². The lowest BCUT2D eigenvalue weighted by Crippen LogP contribution is -2.43. The van der Waals surface area contributed by atoms with Crippen molar-refractivity contribution in [3.8, 4) is 0 Å². The zero-order valence-electron chi connectivity index (χ0n) is 12.5. The van der Waals surface area contributed by atoms with Gasteiger partial charge in [-0.1, -0.05) is 26.2 Å². The molecule has 1 saturated heterocycles. The Labute approximate surface area is 121 Å². The normalized spacial score (nSPS) is 28.4. The number of carboxylic acid groups (broad SMARTS) is 1. The van der Waals surface area contributed by atoms with E-state index in [1.165, 1.54) is 12.8 Å². The van der Waals surface area contributed by atoms with Gasteiger partial charge in [0.2, 0.25) is 5.91 Å². The van der Waals surface area contributed by atoms with Crippen LogP contribution in [-0.4, -0.2) is 35.0 Å². The third kappa shape index (κ3) is 3.74. The molecule has 4 heteroatoms. The molecule has 2 atom stereocenters. The zero-order valence-corrected chi connectivity index (χ0v) is 12.5. The number of hydrogen-bond donors (Lipinski definition) is 1. The van der Waals surface area contributed by atoms with Gasteiger partial charge >= 0.3 is 5.97 Å². The highest BCUT2D eigenvalue weighted by Gasteiger charge is 2.34. The van der Waals surface area contributed by atoms with Crippen LogP contribution in [0.1, 0.15) is 58.3 Å². The lowest BCUT2D eigenvalue weighted by atomic mass is 9.80. The summed E-state index contributed by atoms with van der Waals surface area (Å²) in [7, 11) is 0. The van der Waals surface area contributed by atoms with Crippen LogP contribution in [0, 0.1) is 17.8 Å². The van der Waals surface area contributed by atoms with Gasteiger partial charge in [0.05, 0.1) is 5.92 Å². The zero-order chi connectivity index (χ0) is 14.5. The summed E-state index contributed by atoms with van der Waals surface area (Å²) < 4.78 is 0. The maximum atomic E-state index is 12.5. The largest absolute Gasteiger partial charge is 0.481 e. The van der Waals surface area contributed by atoms with Crippen LogP contribution in [0.5, 0.6) is 0 Å². The molecular weight excluding hydrogens is 254 g/mol. The van der Waals surface area contributed by atoms with Gasteiger partial charge in [0.1, 0.15) is 0 Å². The van der Waals surface area contributed by atoms with Crippen molar-refractivity contribution in [2.24, 2.45) is 17.8 Å². The minimum atomic E-state index is -0.732. The number of nitrogens with zero attached hydrogens (tertiary/aromatic N) is 1. The molecule has 2 rings (SSSR count). The fourth-order valence-corrected chi connectivity index (χ4v) is 3.75. The second kappa shape index (κ2) is 7.09. The molecule has 1 amide bonds.